The van der Waals surface area contributed by atoms with E-state index in [0.29, 0.717) is 6.29 Å². The number of esters is 1. The summed E-state index contributed by atoms with van der Waals surface area (Å²) < 4.78 is 4.41. The fraction of sp³-hybridized carbons (Fsp3) is 0.200. The Hall–Kier alpha value is -1.95. The Labute approximate surface area is 101 Å². The third kappa shape index (κ3) is 3.01. The van der Waals surface area contributed by atoms with E-state index in [9.17, 15) is 19.7 Å². The van der Waals surface area contributed by atoms with Crippen molar-refractivity contribution in [3.8, 4) is 0 Å². The first-order valence-corrected chi connectivity index (χ1v) is 4.86. The molecule has 0 N–H and O–H groups in total. The third-order valence-electron chi connectivity index (χ3n) is 2.08. The predicted molar refractivity (Wildman–Crippen MR) is 59.2 cm³/mol. The van der Waals surface area contributed by atoms with Crippen molar-refractivity contribution in [1.29, 1.82) is 0 Å². The Morgan fingerprint density at radius 2 is 2.24 bits per heavy atom. The summed E-state index contributed by atoms with van der Waals surface area (Å²) in [5, 5.41) is 10.8. The third-order valence-corrected chi connectivity index (χ3v) is 2.41. The van der Waals surface area contributed by atoms with Crippen LogP contribution in [0.5, 0.6) is 0 Å². The van der Waals surface area contributed by atoms with Gasteiger partial charge in [-0.1, -0.05) is 11.6 Å². The highest BCUT2D eigenvalue weighted by atomic mass is 35.5. The first kappa shape index (κ1) is 13.1. The van der Waals surface area contributed by atoms with Crippen molar-refractivity contribution in [1.82, 2.24) is 0 Å². The van der Waals surface area contributed by atoms with E-state index in [1.54, 1.807) is 0 Å². The summed E-state index contributed by atoms with van der Waals surface area (Å²) in [7, 11) is 1.18. The lowest BCUT2D eigenvalue weighted by molar-refractivity contribution is -0.385. The smallest absolute Gasteiger partial charge is 0.310 e. The zero-order valence-electron chi connectivity index (χ0n) is 8.81. The second-order valence-electron chi connectivity index (χ2n) is 3.13. The van der Waals surface area contributed by atoms with Gasteiger partial charge in [0.05, 0.1) is 23.5 Å². The van der Waals surface area contributed by atoms with Crippen LogP contribution < -0.4 is 0 Å². The predicted octanol–water partition coefficient (Wildman–Crippen LogP) is 1.78. The minimum absolute atomic E-state index is 0.00647. The molecule has 0 amide bonds. The first-order chi connectivity index (χ1) is 7.99. The van der Waals surface area contributed by atoms with Crippen LogP contribution in [0, 0.1) is 10.1 Å². The number of rotatable bonds is 4. The molecule has 6 nitrogen and oxygen atoms in total. The number of aldehydes is 1. The van der Waals surface area contributed by atoms with E-state index in [1.807, 2.05) is 0 Å². The van der Waals surface area contributed by atoms with Gasteiger partial charge in [-0.25, -0.2) is 0 Å². The lowest BCUT2D eigenvalue weighted by Gasteiger charge is -2.04. The number of nitro groups is 1. The lowest BCUT2D eigenvalue weighted by atomic mass is 10.1. The molecule has 1 aromatic carbocycles. The Morgan fingerprint density at radius 3 is 2.71 bits per heavy atom. The molecule has 0 aliphatic heterocycles. The Morgan fingerprint density at radius 1 is 1.59 bits per heavy atom. The van der Waals surface area contributed by atoms with Gasteiger partial charge in [-0.15, -0.1) is 0 Å². The summed E-state index contributed by atoms with van der Waals surface area (Å²) in [5.74, 6) is -0.622. The maximum absolute atomic E-state index is 11.1. The van der Waals surface area contributed by atoms with Crippen LogP contribution in [0.2, 0.25) is 5.02 Å². The van der Waals surface area contributed by atoms with Gasteiger partial charge in [0.1, 0.15) is 0 Å². The molecule has 90 valence electrons. The van der Waals surface area contributed by atoms with Crippen molar-refractivity contribution in [3.05, 3.63) is 38.4 Å². The number of nitrogens with zero attached hydrogens (tertiary/aromatic N) is 1. The highest BCUT2D eigenvalue weighted by molar-refractivity contribution is 6.33. The van der Waals surface area contributed by atoms with Crippen LogP contribution >= 0.6 is 11.6 Å². The van der Waals surface area contributed by atoms with Gasteiger partial charge in [-0.05, 0) is 6.07 Å². The Kier molecular flexibility index (Phi) is 4.17. The van der Waals surface area contributed by atoms with Gasteiger partial charge in [0.15, 0.2) is 6.29 Å². The number of hydrogen-bond acceptors (Lipinski definition) is 5. The monoisotopic (exact) mass is 257 g/mol. The lowest BCUT2D eigenvalue weighted by Crippen LogP contribution is -2.07. The molecule has 0 aliphatic carbocycles. The zero-order chi connectivity index (χ0) is 13.0. The van der Waals surface area contributed by atoms with Crippen LogP contribution in [-0.4, -0.2) is 24.3 Å². The second-order valence-corrected chi connectivity index (χ2v) is 3.54. The molecule has 0 heterocycles. The number of benzene rings is 1. The van der Waals surface area contributed by atoms with E-state index >= 15 is 0 Å². The fourth-order valence-electron chi connectivity index (χ4n) is 1.25. The molecular formula is C10H8ClNO5. The first-order valence-electron chi connectivity index (χ1n) is 4.48. The molecule has 7 heteroatoms. The van der Waals surface area contributed by atoms with Gasteiger partial charge in [0.2, 0.25) is 0 Å². The molecule has 0 saturated carbocycles. The molecule has 0 radical (unpaired) electrons. The highest BCUT2D eigenvalue weighted by Gasteiger charge is 2.19. The molecule has 0 atom stereocenters. The average Bonchev–Trinajstić information content (AvgIpc) is 2.28. The number of carbonyl (C=O) groups excluding carboxylic acids is 2. The summed E-state index contributed by atoms with van der Waals surface area (Å²) in [6.45, 7) is 0. The number of halogens is 1. The minimum Gasteiger partial charge on any atom is -0.469 e. The summed E-state index contributed by atoms with van der Waals surface area (Å²) in [4.78, 5) is 31.7. The standard InChI is InChI=1S/C10H8ClNO5/c1-17-10(14)4-6-2-8(11)7(5-13)3-9(6)12(15)16/h2-3,5H,4H2,1H3. The van der Waals surface area contributed by atoms with Crippen LogP contribution in [0.25, 0.3) is 0 Å². The molecule has 0 bridgehead atoms. The number of ether oxygens (including phenoxy) is 1. The normalized spacial score (nSPS) is 9.76. The average molecular weight is 258 g/mol. The minimum atomic E-state index is -0.679. The van der Waals surface area contributed by atoms with Crippen molar-refractivity contribution in [3.63, 3.8) is 0 Å². The van der Waals surface area contributed by atoms with Gasteiger partial charge >= 0.3 is 5.97 Å². The number of carbonyl (C=O) groups is 2. The summed E-state index contributed by atoms with van der Waals surface area (Å²) in [5.41, 5.74) is -0.216. The largest absolute Gasteiger partial charge is 0.469 e. The number of methoxy groups -OCH3 is 1. The molecule has 1 aromatic rings. The quantitative estimate of drug-likeness (QED) is 0.355. The second kappa shape index (κ2) is 5.40. The maximum Gasteiger partial charge on any atom is 0.310 e. The fourth-order valence-corrected chi connectivity index (χ4v) is 1.48. The van der Waals surface area contributed by atoms with Gasteiger partial charge < -0.3 is 4.74 Å². The topological polar surface area (TPSA) is 86.5 Å². The number of hydrogen-bond donors (Lipinski definition) is 0. The maximum atomic E-state index is 11.1. The molecular weight excluding hydrogens is 250 g/mol. The SMILES string of the molecule is COC(=O)Cc1cc(Cl)c(C=O)cc1[N+](=O)[O-]. The molecule has 0 aromatic heterocycles. The number of nitro benzene ring substituents is 1. The van der Waals surface area contributed by atoms with Crippen molar-refractivity contribution < 1.29 is 19.2 Å². The van der Waals surface area contributed by atoms with Crippen LogP contribution in [-0.2, 0) is 16.0 Å². The molecule has 0 spiro atoms. The summed E-state index contributed by atoms with van der Waals surface area (Å²) in [6.07, 6.45) is 0.142. The summed E-state index contributed by atoms with van der Waals surface area (Å²) in [6, 6.07) is 2.26. The van der Waals surface area contributed by atoms with Crippen LogP contribution in [0.3, 0.4) is 0 Å². The highest BCUT2D eigenvalue weighted by Crippen LogP contribution is 2.26. The zero-order valence-corrected chi connectivity index (χ0v) is 9.56. The van der Waals surface area contributed by atoms with E-state index < -0.39 is 10.9 Å². The van der Waals surface area contributed by atoms with E-state index in [0.717, 1.165) is 6.07 Å². The van der Waals surface area contributed by atoms with Gasteiger partial charge in [-0.3, -0.25) is 19.7 Å². The van der Waals surface area contributed by atoms with Gasteiger partial charge in [0.25, 0.3) is 5.69 Å². The van der Waals surface area contributed by atoms with Gasteiger partial charge in [-0.2, -0.15) is 0 Å². The van der Waals surface area contributed by atoms with Gasteiger partial charge in [0, 0.05) is 17.2 Å². The molecule has 0 saturated heterocycles. The van der Waals surface area contributed by atoms with Crippen molar-refractivity contribution >= 4 is 29.5 Å². The molecule has 1 rings (SSSR count). The van der Waals surface area contributed by atoms with E-state index in [4.69, 9.17) is 11.6 Å². The Bertz CT molecular complexity index is 486. The van der Waals surface area contributed by atoms with E-state index in [2.05, 4.69) is 4.74 Å². The van der Waals surface area contributed by atoms with E-state index in [1.165, 1.54) is 13.2 Å². The van der Waals surface area contributed by atoms with Crippen LogP contribution in [0.4, 0.5) is 5.69 Å². The molecule has 0 fully saturated rings. The molecule has 17 heavy (non-hydrogen) atoms. The van der Waals surface area contributed by atoms with Crippen LogP contribution in [0.1, 0.15) is 15.9 Å². The van der Waals surface area contributed by atoms with Crippen molar-refractivity contribution in [2.75, 3.05) is 7.11 Å². The van der Waals surface area contributed by atoms with Crippen molar-refractivity contribution in [2.24, 2.45) is 0 Å². The summed E-state index contributed by atoms with van der Waals surface area (Å²) >= 11 is 5.73. The Balaban J connectivity index is 3.27. The molecule has 0 aliphatic rings. The van der Waals surface area contributed by atoms with Crippen LogP contribution in [0.15, 0.2) is 12.1 Å². The molecule has 0 unspecified atom stereocenters. The van der Waals surface area contributed by atoms with Crippen molar-refractivity contribution in [2.45, 2.75) is 6.42 Å². The van der Waals surface area contributed by atoms with E-state index in [-0.39, 0.29) is 28.3 Å².